The lowest BCUT2D eigenvalue weighted by atomic mass is 10.0. The third kappa shape index (κ3) is 5.90. The Morgan fingerprint density at radius 2 is 2.09 bits per heavy atom. The standard InChI is InChI=1S/C24H18FN9O4S5/c25-10-38-31-15(18-30-24(26)43-32-18)19(35)29-16-21(36)34-17(23(37)39)12(8-42-22(16)34)20-28-13(9-41-20)11-1-4-33(5-2-11)7-14-27-3-6-40-14/h1-6,9,16,22H,7-8,10H2,(H3-,26,29,30,32,35,37,39)/p+1/b31-15-/t16-,22-/m1/s1. The van der Waals surface area contributed by atoms with Gasteiger partial charge < -0.3 is 15.9 Å². The second-order valence-electron chi connectivity index (χ2n) is 8.85. The van der Waals surface area contributed by atoms with Gasteiger partial charge in [-0.25, -0.2) is 14.4 Å². The van der Waals surface area contributed by atoms with Crippen LogP contribution in [0.2, 0.25) is 0 Å². The summed E-state index contributed by atoms with van der Waals surface area (Å²) in [4.78, 5) is 57.6. The second kappa shape index (κ2) is 12.4. The number of aromatic nitrogens is 5. The Morgan fingerprint density at radius 3 is 2.77 bits per heavy atom. The van der Waals surface area contributed by atoms with Gasteiger partial charge in [0.25, 0.3) is 18.7 Å². The summed E-state index contributed by atoms with van der Waals surface area (Å²) < 4.78 is 18.5. The van der Waals surface area contributed by atoms with E-state index in [9.17, 15) is 18.8 Å². The minimum Gasteiger partial charge on any atom is -0.374 e. The molecule has 4 aromatic rings. The maximum Gasteiger partial charge on any atom is 0.278 e. The summed E-state index contributed by atoms with van der Waals surface area (Å²) in [6.07, 6.45) is 5.67. The highest BCUT2D eigenvalue weighted by molar-refractivity contribution is 8.00. The van der Waals surface area contributed by atoms with Crippen LogP contribution in [-0.4, -0.2) is 70.9 Å². The molecule has 13 nitrogen and oxygen atoms in total. The number of thiol groups is 1. The Hall–Kier alpha value is -3.78. The molecular formula is C24H19FN9O4S5+. The van der Waals surface area contributed by atoms with Crippen molar-refractivity contribution in [1.82, 2.24) is 29.5 Å². The van der Waals surface area contributed by atoms with E-state index >= 15 is 0 Å². The number of hydrogen-bond acceptors (Lipinski definition) is 14. The predicted molar refractivity (Wildman–Crippen MR) is 163 cm³/mol. The fourth-order valence-corrected chi connectivity index (χ4v) is 7.98. The minimum atomic E-state index is -1.29. The third-order valence-electron chi connectivity index (χ3n) is 6.28. The van der Waals surface area contributed by atoms with Crippen LogP contribution in [0.15, 0.2) is 52.3 Å². The van der Waals surface area contributed by atoms with Crippen molar-refractivity contribution in [2.45, 2.75) is 18.0 Å². The first-order valence-electron chi connectivity index (χ1n) is 12.2. The number of nitrogens with two attached hydrogens (primary N) is 1. The van der Waals surface area contributed by atoms with Crippen molar-refractivity contribution in [1.29, 1.82) is 0 Å². The Bertz CT molecular complexity index is 1760. The molecule has 0 bridgehead atoms. The summed E-state index contributed by atoms with van der Waals surface area (Å²) in [6, 6.07) is 2.91. The molecule has 0 saturated carbocycles. The molecule has 0 aliphatic carbocycles. The number of nitrogens with one attached hydrogen (secondary N) is 1. The molecule has 220 valence electrons. The number of carbonyl (C=O) groups excluding carboxylic acids is 3. The number of nitrogen functional groups attached to an aromatic ring is 1. The van der Waals surface area contributed by atoms with E-state index < -0.39 is 40.9 Å². The van der Waals surface area contributed by atoms with E-state index in [4.69, 9.17) is 10.7 Å². The molecule has 0 radical (unpaired) electrons. The number of carbonyl (C=O) groups is 3. The van der Waals surface area contributed by atoms with Gasteiger partial charge in [0.15, 0.2) is 29.1 Å². The van der Waals surface area contributed by atoms with Crippen molar-refractivity contribution < 1.29 is 28.2 Å². The van der Waals surface area contributed by atoms with Crippen molar-refractivity contribution in [3.8, 4) is 11.3 Å². The van der Waals surface area contributed by atoms with E-state index in [0.29, 0.717) is 22.9 Å². The largest absolute Gasteiger partial charge is 0.374 e. The van der Waals surface area contributed by atoms with Crippen LogP contribution in [-0.2, 0) is 25.8 Å². The summed E-state index contributed by atoms with van der Waals surface area (Å²) in [7, 11) is 0. The van der Waals surface area contributed by atoms with Crippen molar-refractivity contribution in [3.05, 3.63) is 63.0 Å². The number of thiazole rings is 2. The van der Waals surface area contributed by atoms with Gasteiger partial charge in [-0.15, -0.1) is 34.4 Å². The molecular weight excluding hydrogens is 658 g/mol. The summed E-state index contributed by atoms with van der Waals surface area (Å²) in [5.41, 5.74) is 7.46. The van der Waals surface area contributed by atoms with Gasteiger partial charge in [-0.05, 0) is 0 Å². The summed E-state index contributed by atoms with van der Waals surface area (Å²) >= 11 is 9.16. The number of rotatable bonds is 10. The topological polar surface area (TPSA) is 170 Å². The van der Waals surface area contributed by atoms with E-state index in [1.54, 1.807) is 17.5 Å². The lowest BCUT2D eigenvalue weighted by Crippen LogP contribution is -2.70. The van der Waals surface area contributed by atoms with Gasteiger partial charge in [-0.1, -0.05) is 17.8 Å². The average Bonchev–Trinajstić information content (AvgIpc) is 3.79. The molecule has 6 rings (SSSR count). The highest BCUT2D eigenvalue weighted by Gasteiger charge is 2.54. The first-order valence-corrected chi connectivity index (χ1v) is 16.3. The number of halogens is 1. The summed E-state index contributed by atoms with van der Waals surface area (Å²) in [5.74, 6) is -1.22. The maximum absolute atomic E-state index is 13.2. The molecule has 4 aromatic heterocycles. The van der Waals surface area contributed by atoms with E-state index in [-0.39, 0.29) is 16.7 Å². The molecule has 3 N–H and O–H groups in total. The number of oxime groups is 1. The SMILES string of the molecule is Nc1nc(/C(=N/OCF)C(=O)N[C@@H]2C(=O)N3C(C(=O)S)=C(c4nc(-c5cc[n+](Cc6nccs6)cc5)cs4)CS[C@H]23)ns1. The fourth-order valence-electron chi connectivity index (χ4n) is 4.36. The number of thioether (sulfide) groups is 1. The number of β-lactam (4-membered cyclic amide) rings is 1. The predicted octanol–water partition coefficient (Wildman–Crippen LogP) is 1.95. The Labute approximate surface area is 264 Å². The van der Waals surface area contributed by atoms with E-state index in [1.807, 2.05) is 39.9 Å². The summed E-state index contributed by atoms with van der Waals surface area (Å²) in [5, 5.41) is 10.3. The van der Waals surface area contributed by atoms with Gasteiger partial charge in [0, 0.05) is 57.5 Å². The van der Waals surface area contributed by atoms with Crippen LogP contribution in [0.1, 0.15) is 15.8 Å². The van der Waals surface area contributed by atoms with Crippen molar-refractivity contribution in [2.24, 2.45) is 5.16 Å². The highest BCUT2D eigenvalue weighted by Crippen LogP contribution is 2.44. The quantitative estimate of drug-likeness (QED) is 0.0742. The van der Waals surface area contributed by atoms with Crippen LogP contribution in [0.4, 0.5) is 9.52 Å². The Kier molecular flexibility index (Phi) is 8.48. The van der Waals surface area contributed by atoms with Crippen LogP contribution in [0.25, 0.3) is 16.8 Å². The van der Waals surface area contributed by atoms with E-state index in [2.05, 4.69) is 42.3 Å². The zero-order chi connectivity index (χ0) is 30.1. The summed E-state index contributed by atoms with van der Waals surface area (Å²) in [6.45, 7) is -0.623. The Balaban J connectivity index is 1.19. The van der Waals surface area contributed by atoms with Crippen LogP contribution in [0, 0.1) is 0 Å². The van der Waals surface area contributed by atoms with Crippen molar-refractivity contribution in [2.75, 3.05) is 18.3 Å². The van der Waals surface area contributed by atoms with Gasteiger partial charge in [-0.3, -0.25) is 19.3 Å². The molecule has 19 heteroatoms. The van der Waals surface area contributed by atoms with Crippen LogP contribution < -0.4 is 15.6 Å². The smallest absolute Gasteiger partial charge is 0.278 e. The van der Waals surface area contributed by atoms with Crippen LogP contribution in [0.3, 0.4) is 0 Å². The molecule has 0 spiro atoms. The molecule has 43 heavy (non-hydrogen) atoms. The number of amides is 2. The number of alkyl halides is 1. The number of pyridine rings is 1. The molecule has 2 atom stereocenters. The molecule has 2 aliphatic heterocycles. The Morgan fingerprint density at radius 1 is 1.28 bits per heavy atom. The van der Waals surface area contributed by atoms with Gasteiger partial charge in [0.2, 0.25) is 16.7 Å². The molecule has 0 unspecified atom stereocenters. The van der Waals surface area contributed by atoms with Crippen LogP contribution >= 0.6 is 58.6 Å². The lowest BCUT2D eigenvalue weighted by Gasteiger charge is -2.49. The molecule has 2 amide bonds. The average molecular weight is 677 g/mol. The zero-order valence-electron chi connectivity index (χ0n) is 21.6. The number of anilines is 1. The van der Waals surface area contributed by atoms with Gasteiger partial charge in [0.1, 0.15) is 22.1 Å². The van der Waals surface area contributed by atoms with E-state index in [1.165, 1.54) is 28.0 Å². The first kappa shape index (κ1) is 29.3. The van der Waals surface area contributed by atoms with Gasteiger partial charge in [-0.2, -0.15) is 13.9 Å². The van der Waals surface area contributed by atoms with Gasteiger partial charge >= 0.3 is 0 Å². The molecule has 6 heterocycles. The normalized spacial score (nSPS) is 18.3. The molecule has 2 aliphatic rings. The number of hydrogen-bond donors (Lipinski definition) is 3. The third-order valence-corrected chi connectivity index (χ3v) is 9.98. The van der Waals surface area contributed by atoms with Crippen molar-refractivity contribution >= 4 is 91.9 Å². The first-order chi connectivity index (χ1) is 20.8. The molecule has 1 saturated heterocycles. The van der Waals surface area contributed by atoms with Gasteiger partial charge in [0.05, 0.1) is 5.69 Å². The monoisotopic (exact) mass is 676 g/mol. The number of fused-ring (bicyclic) bond motifs is 1. The van der Waals surface area contributed by atoms with E-state index in [0.717, 1.165) is 27.8 Å². The minimum absolute atomic E-state index is 0.0621. The zero-order valence-corrected chi connectivity index (χ0v) is 25.8. The molecule has 0 aromatic carbocycles. The molecule has 1 fully saturated rings. The maximum atomic E-state index is 13.2. The second-order valence-corrected chi connectivity index (χ2v) is 13.0. The number of nitrogens with zero attached hydrogens (tertiary/aromatic N) is 7. The lowest BCUT2D eigenvalue weighted by molar-refractivity contribution is -0.688. The van der Waals surface area contributed by atoms with Crippen LogP contribution in [0.5, 0.6) is 0 Å². The fraction of sp³-hybridized carbons (Fsp3) is 0.208. The van der Waals surface area contributed by atoms with Crippen molar-refractivity contribution in [3.63, 3.8) is 0 Å². The highest BCUT2D eigenvalue weighted by atomic mass is 32.2.